The highest BCUT2D eigenvalue weighted by Gasteiger charge is 2.34. The third-order valence-corrected chi connectivity index (χ3v) is 6.50. The van der Waals surface area contributed by atoms with Crippen molar-refractivity contribution >= 4 is 33.2 Å². The third-order valence-electron chi connectivity index (χ3n) is 3.68. The summed E-state index contributed by atoms with van der Waals surface area (Å²) in [6, 6.07) is 4.67. The highest BCUT2D eigenvalue weighted by Crippen LogP contribution is 2.33. The number of piperidine rings is 1. The topological polar surface area (TPSA) is 63.4 Å². The molecule has 112 valence electrons. The van der Waals surface area contributed by atoms with E-state index in [1.54, 1.807) is 6.07 Å². The molecule has 0 unspecified atom stereocenters. The van der Waals surface area contributed by atoms with Crippen molar-refractivity contribution in [3.8, 4) is 0 Å². The van der Waals surface area contributed by atoms with E-state index in [9.17, 15) is 8.42 Å². The van der Waals surface area contributed by atoms with Gasteiger partial charge in [0.1, 0.15) is 4.90 Å². The molecule has 1 aliphatic heterocycles. The molecule has 7 heteroatoms. The van der Waals surface area contributed by atoms with Crippen LogP contribution in [0.4, 0.5) is 0 Å². The lowest BCUT2D eigenvalue weighted by atomic mass is 9.93. The molecule has 0 aliphatic carbocycles. The molecule has 0 spiro atoms. The largest absolute Gasteiger partial charge is 0.328 e. The Morgan fingerprint density at radius 3 is 2.50 bits per heavy atom. The number of nitrogens with two attached hydrogens (primary N) is 1. The lowest BCUT2D eigenvalue weighted by molar-refractivity contribution is 0.243. The first-order valence-electron chi connectivity index (χ1n) is 6.53. The Labute approximate surface area is 129 Å². The zero-order valence-corrected chi connectivity index (χ0v) is 13.5. The standard InChI is InChI=1S/C13H18Cl2N2O2S/c1-9(16)10-4-3-7-17(8-10)20(18,19)13-11(14)5-2-6-12(13)15/h2,5-6,9-10H,3-4,7-8,16H2,1H3/t9-,10-/m0/s1. The molecule has 20 heavy (non-hydrogen) atoms. The van der Waals surface area contributed by atoms with Crippen LogP contribution in [0, 0.1) is 5.92 Å². The monoisotopic (exact) mass is 336 g/mol. The van der Waals surface area contributed by atoms with Crippen molar-refractivity contribution in [2.45, 2.75) is 30.7 Å². The lowest BCUT2D eigenvalue weighted by Gasteiger charge is -2.34. The van der Waals surface area contributed by atoms with Crippen LogP contribution in [0.3, 0.4) is 0 Å². The van der Waals surface area contributed by atoms with Crippen molar-refractivity contribution in [1.82, 2.24) is 4.31 Å². The summed E-state index contributed by atoms with van der Waals surface area (Å²) < 4.78 is 26.9. The Morgan fingerprint density at radius 1 is 1.35 bits per heavy atom. The van der Waals surface area contributed by atoms with Crippen LogP contribution >= 0.6 is 23.2 Å². The quantitative estimate of drug-likeness (QED) is 0.922. The summed E-state index contributed by atoms with van der Waals surface area (Å²) in [6.45, 7) is 2.80. The second-order valence-corrected chi connectivity index (χ2v) is 7.86. The molecule has 0 radical (unpaired) electrons. The van der Waals surface area contributed by atoms with Crippen LogP contribution in [-0.4, -0.2) is 31.9 Å². The van der Waals surface area contributed by atoms with E-state index in [0.717, 1.165) is 12.8 Å². The second-order valence-electron chi connectivity index (χ2n) is 5.18. The lowest BCUT2D eigenvalue weighted by Crippen LogP contribution is -2.45. The van der Waals surface area contributed by atoms with Gasteiger partial charge in [-0.3, -0.25) is 0 Å². The van der Waals surface area contributed by atoms with Gasteiger partial charge in [-0.1, -0.05) is 29.3 Å². The molecule has 0 saturated carbocycles. The summed E-state index contributed by atoms with van der Waals surface area (Å²) >= 11 is 12.0. The average Bonchev–Trinajstić information content (AvgIpc) is 2.38. The van der Waals surface area contributed by atoms with Gasteiger partial charge in [0.25, 0.3) is 0 Å². The number of hydrogen-bond donors (Lipinski definition) is 1. The summed E-state index contributed by atoms with van der Waals surface area (Å²) in [5.74, 6) is 0.166. The molecule has 2 N–H and O–H groups in total. The van der Waals surface area contributed by atoms with Crippen LogP contribution in [0.25, 0.3) is 0 Å². The Kier molecular flexibility index (Phi) is 4.97. The Hall–Kier alpha value is -0.330. The number of nitrogens with zero attached hydrogens (tertiary/aromatic N) is 1. The Bertz CT molecular complexity index is 570. The van der Waals surface area contributed by atoms with E-state index in [4.69, 9.17) is 28.9 Å². The van der Waals surface area contributed by atoms with Gasteiger partial charge >= 0.3 is 0 Å². The summed E-state index contributed by atoms with van der Waals surface area (Å²) in [4.78, 5) is -0.00587. The van der Waals surface area contributed by atoms with E-state index in [1.807, 2.05) is 6.92 Å². The fourth-order valence-electron chi connectivity index (χ4n) is 2.48. The molecule has 2 rings (SSSR count). The summed E-state index contributed by atoms with van der Waals surface area (Å²) in [5, 5.41) is 0.306. The first-order chi connectivity index (χ1) is 9.34. The van der Waals surface area contributed by atoms with Gasteiger partial charge in [-0.15, -0.1) is 0 Å². The number of hydrogen-bond acceptors (Lipinski definition) is 3. The molecular formula is C13H18Cl2N2O2S. The maximum absolute atomic E-state index is 12.7. The van der Waals surface area contributed by atoms with Gasteiger partial charge in [0, 0.05) is 19.1 Å². The van der Waals surface area contributed by atoms with Gasteiger partial charge in [-0.25, -0.2) is 8.42 Å². The number of benzene rings is 1. The molecule has 4 nitrogen and oxygen atoms in total. The maximum atomic E-state index is 12.7. The van der Waals surface area contributed by atoms with Gasteiger partial charge in [0.05, 0.1) is 10.0 Å². The molecule has 0 amide bonds. The van der Waals surface area contributed by atoms with Gasteiger partial charge in [-0.2, -0.15) is 4.31 Å². The van der Waals surface area contributed by atoms with Crippen molar-refractivity contribution in [1.29, 1.82) is 0 Å². The van der Waals surface area contributed by atoms with Crippen LogP contribution < -0.4 is 5.73 Å². The van der Waals surface area contributed by atoms with Crippen LogP contribution in [0.2, 0.25) is 10.0 Å². The van der Waals surface area contributed by atoms with Crippen LogP contribution in [-0.2, 0) is 10.0 Å². The van der Waals surface area contributed by atoms with Gasteiger partial charge in [0.2, 0.25) is 10.0 Å². The fraction of sp³-hybridized carbons (Fsp3) is 0.538. The molecular weight excluding hydrogens is 319 g/mol. The summed E-state index contributed by atoms with van der Waals surface area (Å²) in [7, 11) is -3.68. The Morgan fingerprint density at radius 2 is 1.95 bits per heavy atom. The van der Waals surface area contributed by atoms with Crippen molar-refractivity contribution in [3.63, 3.8) is 0 Å². The molecule has 1 aromatic carbocycles. The van der Waals surface area contributed by atoms with E-state index >= 15 is 0 Å². The normalized spacial score (nSPS) is 22.7. The molecule has 0 bridgehead atoms. The van der Waals surface area contributed by atoms with Crippen molar-refractivity contribution < 1.29 is 8.42 Å². The van der Waals surface area contributed by atoms with E-state index in [0.29, 0.717) is 13.1 Å². The van der Waals surface area contributed by atoms with Gasteiger partial charge in [0.15, 0.2) is 0 Å². The van der Waals surface area contributed by atoms with Gasteiger partial charge in [-0.05, 0) is 37.8 Å². The SMILES string of the molecule is C[C@H](N)[C@H]1CCCN(S(=O)(=O)c2c(Cl)cccc2Cl)C1. The van der Waals surface area contributed by atoms with Crippen LogP contribution in [0.1, 0.15) is 19.8 Å². The zero-order chi connectivity index (χ0) is 14.9. The number of rotatable bonds is 3. The molecule has 0 aromatic heterocycles. The molecule has 1 fully saturated rings. The first kappa shape index (κ1) is 16.0. The number of halogens is 2. The maximum Gasteiger partial charge on any atom is 0.246 e. The highest BCUT2D eigenvalue weighted by molar-refractivity contribution is 7.89. The predicted octanol–water partition coefficient (Wildman–Crippen LogP) is 2.74. The Balaban J connectivity index is 2.35. The average molecular weight is 337 g/mol. The van der Waals surface area contributed by atoms with E-state index < -0.39 is 10.0 Å². The van der Waals surface area contributed by atoms with E-state index in [2.05, 4.69) is 0 Å². The minimum absolute atomic E-state index is 0.00587. The molecule has 1 heterocycles. The predicted molar refractivity (Wildman–Crippen MR) is 81.6 cm³/mol. The van der Waals surface area contributed by atoms with E-state index in [-0.39, 0.29) is 26.9 Å². The molecule has 1 aliphatic rings. The minimum atomic E-state index is -3.68. The van der Waals surface area contributed by atoms with E-state index in [1.165, 1.54) is 16.4 Å². The molecule has 1 aromatic rings. The minimum Gasteiger partial charge on any atom is -0.328 e. The summed E-state index contributed by atoms with van der Waals surface area (Å²) in [5.41, 5.74) is 5.90. The smallest absolute Gasteiger partial charge is 0.246 e. The van der Waals surface area contributed by atoms with Crippen molar-refractivity contribution in [2.75, 3.05) is 13.1 Å². The molecule has 1 saturated heterocycles. The highest BCUT2D eigenvalue weighted by atomic mass is 35.5. The zero-order valence-electron chi connectivity index (χ0n) is 11.2. The second kappa shape index (κ2) is 6.20. The van der Waals surface area contributed by atoms with Crippen LogP contribution in [0.5, 0.6) is 0 Å². The number of sulfonamides is 1. The third kappa shape index (κ3) is 3.12. The first-order valence-corrected chi connectivity index (χ1v) is 8.73. The molecule has 2 atom stereocenters. The van der Waals surface area contributed by atoms with Crippen molar-refractivity contribution in [3.05, 3.63) is 28.2 Å². The van der Waals surface area contributed by atoms with Crippen LogP contribution in [0.15, 0.2) is 23.1 Å². The fourth-order valence-corrected chi connectivity index (χ4v) is 5.11. The van der Waals surface area contributed by atoms with Gasteiger partial charge < -0.3 is 5.73 Å². The summed E-state index contributed by atoms with van der Waals surface area (Å²) in [6.07, 6.45) is 1.74. The van der Waals surface area contributed by atoms with Crippen molar-refractivity contribution in [2.24, 2.45) is 11.7 Å².